The Morgan fingerprint density at radius 1 is 0.750 bits per heavy atom. The first-order valence-electron chi connectivity index (χ1n) is 22.7. The Morgan fingerprint density at radius 2 is 1.52 bits per heavy atom. The quantitative estimate of drug-likeness (QED) is 0.106. The van der Waals surface area contributed by atoms with Gasteiger partial charge in [0.05, 0.1) is 42.4 Å². The molecule has 1 saturated carbocycles. The number of imidazole rings is 1. The Bertz CT molecular complexity index is 3010. The van der Waals surface area contributed by atoms with Gasteiger partial charge in [-0.25, -0.2) is 4.98 Å². The van der Waals surface area contributed by atoms with Gasteiger partial charge in [0.2, 0.25) is 5.71 Å². The predicted molar refractivity (Wildman–Crippen MR) is 263 cm³/mol. The number of hydrogen-bond acceptors (Lipinski definition) is 5. The van der Waals surface area contributed by atoms with E-state index in [0.29, 0.717) is 18.2 Å². The van der Waals surface area contributed by atoms with Crippen molar-refractivity contribution < 1.29 is 24.5 Å². The van der Waals surface area contributed by atoms with Crippen LogP contribution in [0.2, 0.25) is 19.6 Å². The van der Waals surface area contributed by atoms with Gasteiger partial charge in [0.25, 0.3) is 0 Å². The van der Waals surface area contributed by atoms with Crippen molar-refractivity contribution in [1.82, 2.24) is 24.5 Å². The summed E-state index contributed by atoms with van der Waals surface area (Å²) in [5.41, 5.74) is 14.5. The number of rotatable bonds is 9. The number of fused-ring (bicyclic) bond motifs is 4. The molecule has 5 heterocycles. The molecule has 0 atom stereocenters. The Kier molecular flexibility index (Phi) is 13.6. The van der Waals surface area contributed by atoms with Crippen molar-refractivity contribution in [3.63, 3.8) is 0 Å². The molecule has 5 aromatic heterocycles. The summed E-state index contributed by atoms with van der Waals surface area (Å²) in [5.74, 6) is 1.99. The van der Waals surface area contributed by atoms with Gasteiger partial charge in [-0.05, 0) is 77.9 Å². The van der Waals surface area contributed by atoms with Crippen molar-refractivity contribution in [3.05, 3.63) is 162 Å². The van der Waals surface area contributed by atoms with Crippen LogP contribution in [0, 0.1) is 31.9 Å². The molecule has 64 heavy (non-hydrogen) atoms. The van der Waals surface area contributed by atoms with Crippen molar-refractivity contribution in [1.29, 1.82) is 0 Å². The Hall–Kier alpha value is -5.53. The van der Waals surface area contributed by atoms with Gasteiger partial charge >= 0.3 is 0 Å². The maximum atomic E-state index is 6.53. The maximum Gasteiger partial charge on any atom is 0.216 e. The van der Waals surface area contributed by atoms with Gasteiger partial charge in [-0.3, -0.25) is 9.97 Å². The molecule has 6 nitrogen and oxygen atoms in total. The molecule has 1 aliphatic carbocycles. The van der Waals surface area contributed by atoms with Crippen LogP contribution in [-0.4, -0.2) is 32.6 Å². The van der Waals surface area contributed by atoms with Gasteiger partial charge in [-0.1, -0.05) is 137 Å². The molecule has 0 unspecified atom stereocenters. The first-order chi connectivity index (χ1) is 30.5. The van der Waals surface area contributed by atoms with Crippen LogP contribution < -0.4 is 5.19 Å². The zero-order valence-electron chi connectivity index (χ0n) is 38.1. The topological polar surface area (TPSA) is 69.6 Å². The monoisotopic (exact) mass is 1040 g/mol. The zero-order valence-corrected chi connectivity index (χ0v) is 41.5. The van der Waals surface area contributed by atoms with E-state index in [2.05, 4.69) is 149 Å². The fraction of sp³-hybridized carbons (Fsp3) is 0.286. The summed E-state index contributed by atoms with van der Waals surface area (Å²) in [6.07, 6.45) is 12.4. The molecule has 10 rings (SSSR count). The fourth-order valence-corrected chi connectivity index (χ4v) is 11.0. The minimum Gasteiger partial charge on any atom is -0.486 e. The molecule has 1 fully saturated rings. The number of benzene rings is 4. The first kappa shape index (κ1) is 45.1. The van der Waals surface area contributed by atoms with E-state index in [1.54, 1.807) is 10.8 Å². The van der Waals surface area contributed by atoms with E-state index in [4.69, 9.17) is 24.4 Å². The molecule has 1 aliphatic rings. The summed E-state index contributed by atoms with van der Waals surface area (Å²) >= 11 is 0. The number of hydrogen-bond donors (Lipinski definition) is 0. The molecular formula is C56H57IrN5OSi-2. The summed E-state index contributed by atoms with van der Waals surface area (Å²) in [5, 5.41) is 3.53. The number of furan rings is 1. The molecule has 327 valence electrons. The van der Waals surface area contributed by atoms with E-state index in [0.717, 1.165) is 72.9 Å². The average Bonchev–Trinajstić information content (AvgIpc) is 3.84. The number of pyridine rings is 3. The summed E-state index contributed by atoms with van der Waals surface area (Å²) in [7, 11) is -1.36. The molecule has 4 aromatic carbocycles. The minimum absolute atomic E-state index is 0. The Labute approximate surface area is 393 Å². The minimum atomic E-state index is -1.36. The molecule has 8 heteroatoms. The van der Waals surface area contributed by atoms with Crippen molar-refractivity contribution in [2.75, 3.05) is 0 Å². The van der Waals surface area contributed by atoms with Crippen LogP contribution in [0.3, 0.4) is 0 Å². The smallest absolute Gasteiger partial charge is 0.216 e. The van der Waals surface area contributed by atoms with E-state index >= 15 is 0 Å². The SMILES string of the molecule is C[Si](C)(C)c1cnc(-c2[c-]cccc2)cc1CC1CCCCC1.Cc1cccc(C)c1-c1ccc2c(n1)oc1c(-c3nc4cc(C(C)C)ncc4n3Cc3ccccc3)[c-]ccc12.[Ir]. The van der Waals surface area contributed by atoms with Crippen molar-refractivity contribution >= 4 is 46.4 Å². The standard InChI is InChI=1S/C35H29N4O.C21H28NSi.Ir/c1-21(2)29-18-30-31(19-36-29)39(20-24-12-6-5-7-13-24)34(37-30)27-15-9-14-25-26-16-17-28(38-35(26)40-33(25)27)32-22(3)10-8-11-23(32)4;1-23(2,3)21-16-22-20(18-12-8-5-9-13-18)15-19(21)14-17-10-6-4-7-11-17;/h5-14,16-19,21H,20H2,1-4H3;5,8-9,12,15-17H,4,6-7,10-11,14H2,1-3H3;/q2*-1;. The summed E-state index contributed by atoms with van der Waals surface area (Å²) in [6, 6.07) is 44.4. The van der Waals surface area contributed by atoms with Crippen molar-refractivity contribution in [2.45, 2.75) is 98.3 Å². The molecule has 0 saturated heterocycles. The second kappa shape index (κ2) is 19.3. The van der Waals surface area contributed by atoms with E-state index < -0.39 is 8.07 Å². The van der Waals surface area contributed by atoms with E-state index in [9.17, 15) is 0 Å². The van der Waals surface area contributed by atoms with Gasteiger partial charge < -0.3 is 14.0 Å². The number of aromatic nitrogens is 5. The average molecular weight is 1040 g/mol. The second-order valence-electron chi connectivity index (χ2n) is 18.7. The number of aryl methyl sites for hydroxylation is 2. The third-order valence-corrected chi connectivity index (χ3v) is 14.8. The van der Waals surface area contributed by atoms with Gasteiger partial charge in [-0.15, -0.1) is 54.1 Å². The van der Waals surface area contributed by atoms with Gasteiger partial charge in [0, 0.05) is 49.5 Å². The van der Waals surface area contributed by atoms with E-state index in [1.165, 1.54) is 55.2 Å². The van der Waals surface area contributed by atoms with Gasteiger partial charge in [0.1, 0.15) is 0 Å². The maximum absolute atomic E-state index is 6.53. The van der Waals surface area contributed by atoms with Gasteiger partial charge in [-0.2, -0.15) is 0 Å². The molecule has 0 spiro atoms. The van der Waals surface area contributed by atoms with Crippen LogP contribution in [0.4, 0.5) is 0 Å². The largest absolute Gasteiger partial charge is 0.486 e. The molecule has 9 aromatic rings. The van der Waals surface area contributed by atoms with Crippen LogP contribution in [0.15, 0.2) is 126 Å². The van der Waals surface area contributed by atoms with E-state index in [-0.39, 0.29) is 20.1 Å². The molecule has 1 radical (unpaired) electrons. The Morgan fingerprint density at radius 3 is 2.23 bits per heavy atom. The third-order valence-electron chi connectivity index (χ3n) is 12.7. The Balaban J connectivity index is 0.000000199. The second-order valence-corrected chi connectivity index (χ2v) is 23.8. The molecule has 0 N–H and O–H groups in total. The van der Waals surface area contributed by atoms with Crippen LogP contribution in [-0.2, 0) is 33.1 Å². The number of nitrogens with zero attached hydrogens (tertiary/aromatic N) is 5. The first-order valence-corrected chi connectivity index (χ1v) is 26.2. The summed E-state index contributed by atoms with van der Waals surface area (Å²) in [4.78, 5) is 19.7. The van der Waals surface area contributed by atoms with Crippen LogP contribution in [0.25, 0.3) is 67.0 Å². The van der Waals surface area contributed by atoms with Gasteiger partial charge in [0.15, 0.2) is 0 Å². The van der Waals surface area contributed by atoms with E-state index in [1.807, 2.05) is 36.5 Å². The summed E-state index contributed by atoms with van der Waals surface area (Å²) < 4.78 is 8.75. The molecule has 0 aliphatic heterocycles. The van der Waals surface area contributed by atoms with Crippen LogP contribution in [0.1, 0.15) is 79.8 Å². The van der Waals surface area contributed by atoms with Crippen LogP contribution >= 0.6 is 0 Å². The molecular weight excluding hydrogens is 979 g/mol. The fourth-order valence-electron chi connectivity index (χ4n) is 9.36. The third kappa shape index (κ3) is 9.47. The normalized spacial score (nSPS) is 13.3. The van der Waals surface area contributed by atoms with Crippen molar-refractivity contribution in [3.8, 4) is 33.9 Å². The summed E-state index contributed by atoms with van der Waals surface area (Å²) in [6.45, 7) is 16.5. The van der Waals surface area contributed by atoms with Crippen LogP contribution in [0.5, 0.6) is 0 Å². The van der Waals surface area contributed by atoms with Crippen molar-refractivity contribution in [2.24, 2.45) is 5.92 Å². The predicted octanol–water partition coefficient (Wildman–Crippen LogP) is 13.9. The zero-order chi connectivity index (χ0) is 43.7. The molecule has 0 bridgehead atoms. The molecule has 0 amide bonds.